The summed E-state index contributed by atoms with van der Waals surface area (Å²) in [7, 11) is 1.70. The maximum Gasteiger partial charge on any atom is 0.199 e. The predicted octanol–water partition coefficient (Wildman–Crippen LogP) is 4.92. The highest BCUT2D eigenvalue weighted by Crippen LogP contribution is 2.32. The number of ether oxygens (including phenoxy) is 2. The van der Waals surface area contributed by atoms with Crippen LogP contribution < -0.4 is 4.74 Å². The van der Waals surface area contributed by atoms with E-state index in [0.29, 0.717) is 0 Å². The van der Waals surface area contributed by atoms with Crippen molar-refractivity contribution in [1.29, 1.82) is 0 Å². The quantitative estimate of drug-likeness (QED) is 0.460. The molecule has 0 amide bonds. The van der Waals surface area contributed by atoms with E-state index in [4.69, 9.17) is 9.47 Å². The van der Waals surface area contributed by atoms with Crippen molar-refractivity contribution in [2.75, 3.05) is 7.11 Å². The number of para-hydroxylation sites is 1. The highest BCUT2D eigenvalue weighted by Gasteiger charge is 2.13. The molecule has 1 unspecified atom stereocenters. The van der Waals surface area contributed by atoms with E-state index in [1.807, 2.05) is 24.3 Å². The van der Waals surface area contributed by atoms with E-state index in [-0.39, 0.29) is 6.29 Å². The van der Waals surface area contributed by atoms with Gasteiger partial charge in [0, 0.05) is 19.1 Å². The minimum atomic E-state index is -0.205. The fraction of sp³-hybridized carbons (Fsp3) is 0.529. The van der Waals surface area contributed by atoms with Crippen molar-refractivity contribution in [3.05, 3.63) is 30.5 Å². The maximum atomic E-state index is 6.05. The number of methoxy groups -OCH3 is 1. The zero-order valence-corrected chi connectivity index (χ0v) is 14.1. The van der Waals surface area contributed by atoms with Gasteiger partial charge in [0.15, 0.2) is 6.29 Å². The SMILES string of the molecule is CCCCCCCC(OC)Oc1ccccc1-c1cnns1. The summed E-state index contributed by atoms with van der Waals surface area (Å²) in [6.45, 7) is 2.23. The van der Waals surface area contributed by atoms with Gasteiger partial charge in [-0.1, -0.05) is 49.2 Å². The van der Waals surface area contributed by atoms with Crippen LogP contribution in [0.4, 0.5) is 0 Å². The van der Waals surface area contributed by atoms with Crippen molar-refractivity contribution in [2.45, 2.75) is 51.7 Å². The van der Waals surface area contributed by atoms with Gasteiger partial charge in [-0.3, -0.25) is 0 Å². The van der Waals surface area contributed by atoms with E-state index in [2.05, 4.69) is 16.5 Å². The predicted molar refractivity (Wildman–Crippen MR) is 90.1 cm³/mol. The molecular weight excluding hydrogens is 296 g/mol. The third kappa shape index (κ3) is 5.07. The molecular formula is C17H24N2O2S. The van der Waals surface area contributed by atoms with Crippen molar-refractivity contribution >= 4 is 11.5 Å². The van der Waals surface area contributed by atoms with E-state index >= 15 is 0 Å². The first-order valence-corrected chi connectivity index (χ1v) is 8.68. The fourth-order valence-corrected chi connectivity index (χ4v) is 2.88. The molecule has 0 aliphatic carbocycles. The molecule has 2 rings (SSSR count). The Labute approximate surface area is 136 Å². The van der Waals surface area contributed by atoms with Crippen molar-refractivity contribution in [3.63, 3.8) is 0 Å². The lowest BCUT2D eigenvalue weighted by Gasteiger charge is -2.19. The van der Waals surface area contributed by atoms with Gasteiger partial charge >= 0.3 is 0 Å². The second kappa shape index (κ2) is 9.54. The first-order valence-electron chi connectivity index (χ1n) is 7.91. The molecule has 0 N–H and O–H groups in total. The Bertz CT molecular complexity index is 531. The first-order chi connectivity index (χ1) is 10.8. The number of rotatable bonds is 10. The van der Waals surface area contributed by atoms with Crippen LogP contribution in [0.3, 0.4) is 0 Å². The van der Waals surface area contributed by atoms with Gasteiger partial charge in [0.1, 0.15) is 5.75 Å². The summed E-state index contributed by atoms with van der Waals surface area (Å²) in [6.07, 6.45) is 8.69. The van der Waals surface area contributed by atoms with Crippen molar-refractivity contribution in [3.8, 4) is 16.2 Å². The number of unbranched alkanes of at least 4 members (excludes halogenated alkanes) is 4. The Kier molecular flexibility index (Phi) is 7.33. The average Bonchev–Trinajstić information content (AvgIpc) is 3.08. The van der Waals surface area contributed by atoms with E-state index < -0.39 is 0 Å². The van der Waals surface area contributed by atoms with Crippen molar-refractivity contribution < 1.29 is 9.47 Å². The zero-order chi connectivity index (χ0) is 15.6. The summed E-state index contributed by atoms with van der Waals surface area (Å²) >= 11 is 1.37. The van der Waals surface area contributed by atoms with Crippen LogP contribution in [-0.2, 0) is 4.74 Å². The molecule has 0 fully saturated rings. The second-order valence-corrected chi connectivity index (χ2v) is 6.05. The summed E-state index contributed by atoms with van der Waals surface area (Å²) in [5.74, 6) is 0.828. The molecule has 5 heteroatoms. The molecule has 0 aliphatic heterocycles. The molecule has 0 saturated carbocycles. The first kappa shape index (κ1) is 16.9. The Hall–Kier alpha value is -1.46. The van der Waals surface area contributed by atoms with E-state index in [1.54, 1.807) is 13.3 Å². The monoisotopic (exact) mass is 320 g/mol. The molecule has 0 radical (unpaired) electrons. The van der Waals surface area contributed by atoms with E-state index in [9.17, 15) is 0 Å². The van der Waals surface area contributed by atoms with Gasteiger partial charge < -0.3 is 9.47 Å². The van der Waals surface area contributed by atoms with Crippen LogP contribution in [0.5, 0.6) is 5.75 Å². The smallest absolute Gasteiger partial charge is 0.199 e. The van der Waals surface area contributed by atoms with Crippen LogP contribution in [-0.4, -0.2) is 23.0 Å². The van der Waals surface area contributed by atoms with Gasteiger partial charge in [0.05, 0.1) is 11.1 Å². The van der Waals surface area contributed by atoms with Gasteiger partial charge in [-0.25, -0.2) is 0 Å². The highest BCUT2D eigenvalue weighted by atomic mass is 32.1. The van der Waals surface area contributed by atoms with Crippen molar-refractivity contribution in [2.24, 2.45) is 0 Å². The minimum absolute atomic E-state index is 0.205. The van der Waals surface area contributed by atoms with Crippen LogP contribution in [0.1, 0.15) is 45.4 Å². The van der Waals surface area contributed by atoms with Gasteiger partial charge in [-0.05, 0) is 30.1 Å². The molecule has 120 valence electrons. The highest BCUT2D eigenvalue weighted by molar-refractivity contribution is 7.09. The van der Waals surface area contributed by atoms with Gasteiger partial charge in [-0.15, -0.1) is 5.10 Å². The molecule has 0 saturated heterocycles. The standard InChI is InChI=1S/C17H24N2O2S/c1-3-4-5-6-7-12-17(20-2)21-15-11-9-8-10-14(15)16-13-18-19-22-16/h8-11,13,17H,3-7,12H2,1-2H3. The summed E-state index contributed by atoms with van der Waals surface area (Å²) in [6, 6.07) is 7.96. The molecule has 0 spiro atoms. The van der Waals surface area contributed by atoms with Crippen LogP contribution in [0.25, 0.3) is 10.4 Å². The summed E-state index contributed by atoms with van der Waals surface area (Å²) in [4.78, 5) is 1.01. The van der Waals surface area contributed by atoms with E-state index in [0.717, 1.165) is 29.0 Å². The lowest BCUT2D eigenvalue weighted by atomic mass is 10.1. The van der Waals surface area contributed by atoms with Gasteiger partial charge in [0.25, 0.3) is 0 Å². The topological polar surface area (TPSA) is 44.2 Å². The minimum Gasteiger partial charge on any atom is -0.464 e. The molecule has 1 aromatic heterocycles. The van der Waals surface area contributed by atoms with E-state index in [1.165, 1.54) is 37.2 Å². The normalized spacial score (nSPS) is 12.3. The molecule has 0 bridgehead atoms. The third-order valence-corrected chi connectivity index (χ3v) is 4.28. The number of aromatic nitrogens is 2. The zero-order valence-electron chi connectivity index (χ0n) is 13.3. The number of benzene rings is 1. The van der Waals surface area contributed by atoms with Crippen LogP contribution in [0.2, 0.25) is 0 Å². The lowest BCUT2D eigenvalue weighted by molar-refractivity contribution is -0.0591. The number of hydrogen-bond donors (Lipinski definition) is 0. The Morgan fingerprint density at radius 1 is 1.14 bits per heavy atom. The summed E-state index contributed by atoms with van der Waals surface area (Å²) in [5, 5.41) is 3.90. The maximum absolute atomic E-state index is 6.05. The third-order valence-electron chi connectivity index (χ3n) is 3.58. The molecule has 1 aromatic carbocycles. The fourth-order valence-electron chi connectivity index (χ4n) is 2.34. The van der Waals surface area contributed by atoms with Crippen LogP contribution >= 0.6 is 11.5 Å². The molecule has 2 aromatic rings. The number of nitrogens with zero attached hydrogens (tertiary/aromatic N) is 2. The van der Waals surface area contributed by atoms with Crippen LogP contribution in [0.15, 0.2) is 30.5 Å². The molecule has 22 heavy (non-hydrogen) atoms. The summed E-state index contributed by atoms with van der Waals surface area (Å²) in [5.41, 5.74) is 1.02. The lowest BCUT2D eigenvalue weighted by Crippen LogP contribution is -2.19. The molecule has 0 aliphatic rings. The summed E-state index contributed by atoms with van der Waals surface area (Å²) < 4.78 is 15.5. The van der Waals surface area contributed by atoms with Crippen LogP contribution in [0, 0.1) is 0 Å². The number of hydrogen-bond acceptors (Lipinski definition) is 5. The largest absolute Gasteiger partial charge is 0.464 e. The van der Waals surface area contributed by atoms with Crippen molar-refractivity contribution in [1.82, 2.24) is 9.59 Å². The molecule has 4 nitrogen and oxygen atoms in total. The molecule has 1 atom stereocenters. The Morgan fingerprint density at radius 2 is 1.95 bits per heavy atom. The Morgan fingerprint density at radius 3 is 2.68 bits per heavy atom. The van der Waals surface area contributed by atoms with Gasteiger partial charge in [0.2, 0.25) is 0 Å². The van der Waals surface area contributed by atoms with Gasteiger partial charge in [-0.2, -0.15) is 0 Å². The molecule has 1 heterocycles. The Balaban J connectivity index is 1.93. The average molecular weight is 320 g/mol. The second-order valence-electron chi connectivity index (χ2n) is 5.26.